The molecule has 0 spiro atoms. The second-order valence-corrected chi connectivity index (χ2v) is 3.23. The fourth-order valence-electron chi connectivity index (χ4n) is 1.28. The van der Waals surface area contributed by atoms with Gasteiger partial charge in [-0.25, -0.2) is 0 Å². The van der Waals surface area contributed by atoms with Crippen molar-refractivity contribution >= 4 is 0 Å². The minimum atomic E-state index is 0.365. The van der Waals surface area contributed by atoms with Gasteiger partial charge in [-0.05, 0) is 18.4 Å². The molecule has 15 heavy (non-hydrogen) atoms. The zero-order valence-corrected chi connectivity index (χ0v) is 8.98. The molecule has 1 saturated heterocycles. The van der Waals surface area contributed by atoms with Gasteiger partial charge in [0, 0.05) is 20.2 Å². The Bertz CT molecular complexity index is 273. The molecule has 0 atom stereocenters. The lowest BCUT2D eigenvalue weighted by atomic mass is 10.3. The first-order valence-electron chi connectivity index (χ1n) is 4.95. The van der Waals surface area contributed by atoms with E-state index in [1.165, 1.54) is 0 Å². The van der Waals surface area contributed by atoms with Crippen LogP contribution in [-0.2, 0) is 9.47 Å². The Labute approximate surface area is 90.4 Å². The van der Waals surface area contributed by atoms with Crippen LogP contribution in [0.15, 0.2) is 23.9 Å². The molecular weight excluding hydrogens is 192 g/mol. The van der Waals surface area contributed by atoms with Crippen LogP contribution in [0.25, 0.3) is 0 Å². The molecule has 1 aliphatic rings. The van der Waals surface area contributed by atoms with Crippen LogP contribution in [0.3, 0.4) is 0 Å². The Morgan fingerprint density at radius 1 is 1.53 bits per heavy atom. The zero-order valence-electron chi connectivity index (χ0n) is 8.98. The molecule has 4 heteroatoms. The molecule has 0 aromatic rings. The molecule has 1 heterocycles. The maximum Gasteiger partial charge on any atom is 0.0971 e. The van der Waals surface area contributed by atoms with Gasteiger partial charge in [0.15, 0.2) is 0 Å². The maximum absolute atomic E-state index is 8.73. The normalized spacial score (nSPS) is 18.1. The lowest BCUT2D eigenvalue weighted by molar-refractivity contribution is 0.0594. The van der Waals surface area contributed by atoms with Gasteiger partial charge in [0.05, 0.1) is 31.5 Å². The minimum absolute atomic E-state index is 0.365. The van der Waals surface area contributed by atoms with E-state index >= 15 is 0 Å². The number of ether oxygens (including phenoxy) is 2. The molecule has 0 unspecified atom stereocenters. The summed E-state index contributed by atoms with van der Waals surface area (Å²) in [6, 6.07) is 2.08. The Morgan fingerprint density at radius 2 is 2.27 bits per heavy atom. The van der Waals surface area contributed by atoms with Gasteiger partial charge in [-0.1, -0.05) is 0 Å². The number of methoxy groups -OCH3 is 1. The van der Waals surface area contributed by atoms with Crippen molar-refractivity contribution < 1.29 is 9.47 Å². The highest BCUT2D eigenvalue weighted by molar-refractivity contribution is 5.25. The highest BCUT2D eigenvalue weighted by atomic mass is 16.5. The van der Waals surface area contributed by atoms with Crippen molar-refractivity contribution in [1.29, 1.82) is 5.26 Å². The fourth-order valence-corrected chi connectivity index (χ4v) is 1.28. The van der Waals surface area contributed by atoms with Crippen LogP contribution >= 0.6 is 0 Å². The number of nitriles is 1. The predicted octanol–water partition coefficient (Wildman–Crippen LogP) is 0.929. The van der Waals surface area contributed by atoms with Crippen molar-refractivity contribution in [2.75, 3.05) is 40.0 Å². The van der Waals surface area contributed by atoms with Crippen molar-refractivity contribution in [3.05, 3.63) is 23.9 Å². The van der Waals surface area contributed by atoms with Gasteiger partial charge in [-0.2, -0.15) is 5.26 Å². The molecule has 0 bridgehead atoms. The molecule has 1 fully saturated rings. The van der Waals surface area contributed by atoms with E-state index in [0.29, 0.717) is 12.2 Å². The van der Waals surface area contributed by atoms with Crippen molar-refractivity contribution in [3.63, 3.8) is 0 Å². The smallest absolute Gasteiger partial charge is 0.0971 e. The van der Waals surface area contributed by atoms with Gasteiger partial charge in [-0.3, -0.25) is 0 Å². The van der Waals surface area contributed by atoms with E-state index in [4.69, 9.17) is 14.7 Å². The monoisotopic (exact) mass is 208 g/mol. The summed E-state index contributed by atoms with van der Waals surface area (Å²) in [5.74, 6) is 0. The van der Waals surface area contributed by atoms with E-state index in [1.54, 1.807) is 13.2 Å². The van der Waals surface area contributed by atoms with Gasteiger partial charge in [0.25, 0.3) is 0 Å². The molecule has 0 aromatic carbocycles. The van der Waals surface area contributed by atoms with E-state index in [-0.39, 0.29) is 0 Å². The SMILES string of the molecule is COCC(C#N)=CC=CN1CCOCC1. The lowest BCUT2D eigenvalue weighted by Crippen LogP contribution is -2.31. The van der Waals surface area contributed by atoms with E-state index < -0.39 is 0 Å². The molecule has 1 aliphatic heterocycles. The average molecular weight is 208 g/mol. The molecule has 0 aliphatic carbocycles. The zero-order chi connectivity index (χ0) is 10.9. The number of nitrogens with zero attached hydrogens (tertiary/aromatic N) is 2. The minimum Gasteiger partial charge on any atom is -0.379 e. The second kappa shape index (κ2) is 7.04. The summed E-state index contributed by atoms with van der Waals surface area (Å²) in [5, 5.41) is 8.73. The van der Waals surface area contributed by atoms with Crippen molar-refractivity contribution in [2.45, 2.75) is 0 Å². The van der Waals surface area contributed by atoms with E-state index in [1.807, 2.05) is 12.3 Å². The summed E-state index contributed by atoms with van der Waals surface area (Å²) < 4.78 is 10.1. The molecule has 4 nitrogen and oxygen atoms in total. The van der Waals surface area contributed by atoms with E-state index in [0.717, 1.165) is 26.3 Å². The van der Waals surface area contributed by atoms with Gasteiger partial charge < -0.3 is 14.4 Å². The molecule has 0 amide bonds. The first kappa shape index (κ1) is 11.8. The van der Waals surface area contributed by atoms with Crippen LogP contribution in [0, 0.1) is 11.3 Å². The first-order valence-corrected chi connectivity index (χ1v) is 4.95. The summed E-state index contributed by atoms with van der Waals surface area (Å²) in [5.41, 5.74) is 0.627. The number of hydrogen-bond acceptors (Lipinski definition) is 4. The third-order valence-corrected chi connectivity index (χ3v) is 2.08. The quantitative estimate of drug-likeness (QED) is 0.509. The van der Waals surface area contributed by atoms with Crippen molar-refractivity contribution in [2.24, 2.45) is 0 Å². The predicted molar refractivity (Wildman–Crippen MR) is 57.1 cm³/mol. The second-order valence-electron chi connectivity index (χ2n) is 3.23. The largest absolute Gasteiger partial charge is 0.379 e. The van der Waals surface area contributed by atoms with Crippen LogP contribution in [0.5, 0.6) is 0 Å². The summed E-state index contributed by atoms with van der Waals surface area (Å²) in [7, 11) is 1.58. The van der Waals surface area contributed by atoms with E-state index in [2.05, 4.69) is 11.0 Å². The topological polar surface area (TPSA) is 45.5 Å². The molecule has 0 N–H and O–H groups in total. The van der Waals surface area contributed by atoms with Gasteiger partial charge in [-0.15, -0.1) is 0 Å². The summed E-state index contributed by atoms with van der Waals surface area (Å²) in [6.45, 7) is 3.74. The van der Waals surface area contributed by atoms with Crippen LogP contribution in [0.2, 0.25) is 0 Å². The Balaban J connectivity index is 2.38. The Hall–Kier alpha value is -1.31. The highest BCUT2D eigenvalue weighted by Crippen LogP contribution is 1.99. The lowest BCUT2D eigenvalue weighted by Gasteiger charge is -2.24. The first-order chi connectivity index (χ1) is 7.36. The standard InChI is InChI=1S/C11H16N2O2/c1-14-10-11(9-12)3-2-4-13-5-7-15-8-6-13/h2-4H,5-8,10H2,1H3. The summed E-state index contributed by atoms with van der Waals surface area (Å²) in [6.07, 6.45) is 5.64. The van der Waals surface area contributed by atoms with Crippen LogP contribution in [0.1, 0.15) is 0 Å². The molecule has 0 radical (unpaired) electrons. The molecule has 0 aromatic heterocycles. The van der Waals surface area contributed by atoms with Crippen LogP contribution in [0.4, 0.5) is 0 Å². The van der Waals surface area contributed by atoms with Gasteiger partial charge in [0.2, 0.25) is 0 Å². The Morgan fingerprint density at radius 3 is 2.87 bits per heavy atom. The van der Waals surface area contributed by atoms with Crippen LogP contribution in [-0.4, -0.2) is 44.9 Å². The van der Waals surface area contributed by atoms with E-state index in [9.17, 15) is 0 Å². The summed E-state index contributed by atoms with van der Waals surface area (Å²) in [4.78, 5) is 2.17. The number of allylic oxidation sites excluding steroid dienone is 2. The van der Waals surface area contributed by atoms with Gasteiger partial charge >= 0.3 is 0 Å². The number of hydrogen-bond donors (Lipinski definition) is 0. The average Bonchev–Trinajstić information content (AvgIpc) is 2.29. The summed E-state index contributed by atoms with van der Waals surface area (Å²) >= 11 is 0. The van der Waals surface area contributed by atoms with Crippen molar-refractivity contribution in [3.8, 4) is 6.07 Å². The maximum atomic E-state index is 8.73. The highest BCUT2D eigenvalue weighted by Gasteiger charge is 2.04. The number of morpholine rings is 1. The third kappa shape index (κ3) is 4.63. The fraction of sp³-hybridized carbons (Fsp3) is 0.545. The Kier molecular flexibility index (Phi) is 5.52. The third-order valence-electron chi connectivity index (χ3n) is 2.08. The van der Waals surface area contributed by atoms with Crippen molar-refractivity contribution in [1.82, 2.24) is 4.90 Å². The number of rotatable bonds is 4. The molecule has 1 rings (SSSR count). The molecule has 0 saturated carbocycles. The van der Waals surface area contributed by atoms with Crippen LogP contribution < -0.4 is 0 Å². The molecular formula is C11H16N2O2. The van der Waals surface area contributed by atoms with Gasteiger partial charge in [0.1, 0.15) is 0 Å². The molecule has 82 valence electrons.